The molecule has 0 aliphatic heterocycles. The molecule has 25 heavy (non-hydrogen) atoms. The topological polar surface area (TPSA) is 36.3 Å². The number of rotatable bonds is 6. The van der Waals surface area contributed by atoms with Gasteiger partial charge in [0.25, 0.3) is 0 Å². The Bertz CT molecular complexity index is 892. The molecule has 7 heteroatoms. The molecule has 0 N–H and O–H groups in total. The van der Waals surface area contributed by atoms with Crippen LogP contribution in [0.15, 0.2) is 36.5 Å². The van der Waals surface area contributed by atoms with Gasteiger partial charge >= 0.3 is 0 Å². The molecular weight excluding hydrogens is 366 g/mol. The van der Waals surface area contributed by atoms with Gasteiger partial charge in [0.05, 0.1) is 24.3 Å². The molecule has 3 aromatic rings. The lowest BCUT2D eigenvalue weighted by atomic mass is 10.1. The summed E-state index contributed by atoms with van der Waals surface area (Å²) in [5.41, 5.74) is 2.24. The van der Waals surface area contributed by atoms with Crippen LogP contribution in [-0.4, -0.2) is 37.0 Å². The average Bonchev–Trinajstić information content (AvgIpc) is 2.95. The van der Waals surface area contributed by atoms with Gasteiger partial charge in [-0.1, -0.05) is 29.3 Å². The van der Waals surface area contributed by atoms with Crippen molar-refractivity contribution in [2.24, 2.45) is 0 Å². The number of halogens is 3. The Labute approximate surface area is 155 Å². The van der Waals surface area contributed by atoms with Crippen LogP contribution in [0, 0.1) is 5.82 Å². The standard InChI is InChI=1S/C18H17Cl2FN2O2/c1-24-9-12(10-25-2)23-8-14(11-3-5-15(19)16(21)7-11)13-4-6-17(20)22-18(13)23/h3-8,12H,9-10H2,1-2H3. The molecule has 0 saturated heterocycles. The van der Waals surface area contributed by atoms with E-state index in [9.17, 15) is 4.39 Å². The highest BCUT2D eigenvalue weighted by Gasteiger charge is 2.19. The number of ether oxygens (including phenoxy) is 2. The first-order valence-electron chi connectivity index (χ1n) is 7.65. The van der Waals surface area contributed by atoms with E-state index in [0.29, 0.717) is 29.6 Å². The monoisotopic (exact) mass is 382 g/mol. The fraction of sp³-hybridized carbons (Fsp3) is 0.278. The minimum atomic E-state index is -0.465. The molecule has 0 saturated carbocycles. The number of aromatic nitrogens is 2. The number of hydrogen-bond donors (Lipinski definition) is 0. The first-order chi connectivity index (χ1) is 12.0. The van der Waals surface area contributed by atoms with E-state index in [0.717, 1.165) is 10.9 Å². The van der Waals surface area contributed by atoms with Gasteiger partial charge in [0.1, 0.15) is 16.6 Å². The minimum absolute atomic E-state index is 0.0882. The molecule has 0 atom stereocenters. The van der Waals surface area contributed by atoms with Crippen LogP contribution in [0.25, 0.3) is 22.2 Å². The Hall–Kier alpha value is -1.66. The van der Waals surface area contributed by atoms with Crippen LogP contribution >= 0.6 is 23.2 Å². The Morgan fingerprint density at radius 1 is 1.12 bits per heavy atom. The van der Waals surface area contributed by atoms with Gasteiger partial charge in [-0.3, -0.25) is 0 Å². The lowest BCUT2D eigenvalue weighted by Gasteiger charge is -2.17. The highest BCUT2D eigenvalue weighted by Crippen LogP contribution is 2.34. The smallest absolute Gasteiger partial charge is 0.142 e. The second kappa shape index (κ2) is 7.70. The van der Waals surface area contributed by atoms with Crippen LogP contribution in [0.5, 0.6) is 0 Å². The Balaban J connectivity index is 2.21. The summed E-state index contributed by atoms with van der Waals surface area (Å²) >= 11 is 11.9. The molecule has 4 nitrogen and oxygen atoms in total. The van der Waals surface area contributed by atoms with Crippen molar-refractivity contribution < 1.29 is 13.9 Å². The van der Waals surface area contributed by atoms with E-state index in [-0.39, 0.29) is 11.1 Å². The van der Waals surface area contributed by atoms with E-state index in [2.05, 4.69) is 4.98 Å². The maximum atomic E-state index is 13.9. The number of methoxy groups -OCH3 is 2. The third-order valence-electron chi connectivity index (χ3n) is 3.99. The minimum Gasteiger partial charge on any atom is -0.382 e. The fourth-order valence-corrected chi connectivity index (χ4v) is 3.13. The second-order valence-corrected chi connectivity index (χ2v) is 6.44. The number of fused-ring (bicyclic) bond motifs is 1. The van der Waals surface area contributed by atoms with Crippen LogP contribution in [0.2, 0.25) is 10.2 Å². The van der Waals surface area contributed by atoms with Gasteiger partial charge < -0.3 is 14.0 Å². The zero-order valence-electron chi connectivity index (χ0n) is 13.8. The van der Waals surface area contributed by atoms with Crippen molar-refractivity contribution in [3.63, 3.8) is 0 Å². The summed E-state index contributed by atoms with van der Waals surface area (Å²) in [6.07, 6.45) is 1.92. The molecule has 3 rings (SSSR count). The van der Waals surface area contributed by atoms with Crippen molar-refractivity contribution in [1.29, 1.82) is 0 Å². The van der Waals surface area contributed by atoms with Gasteiger partial charge in [-0.05, 0) is 29.8 Å². The average molecular weight is 383 g/mol. The maximum Gasteiger partial charge on any atom is 0.142 e. The van der Waals surface area contributed by atoms with Crippen molar-refractivity contribution in [3.8, 4) is 11.1 Å². The molecule has 0 aliphatic carbocycles. The van der Waals surface area contributed by atoms with E-state index >= 15 is 0 Å². The van der Waals surface area contributed by atoms with Crippen molar-refractivity contribution in [2.75, 3.05) is 27.4 Å². The van der Waals surface area contributed by atoms with E-state index in [1.807, 2.05) is 16.8 Å². The van der Waals surface area contributed by atoms with Gasteiger partial charge in [-0.25, -0.2) is 9.37 Å². The van der Waals surface area contributed by atoms with Gasteiger partial charge in [0.15, 0.2) is 0 Å². The quantitative estimate of drug-likeness (QED) is 0.563. The maximum absolute atomic E-state index is 13.9. The molecule has 1 aromatic carbocycles. The molecule has 0 fully saturated rings. The van der Waals surface area contributed by atoms with Crippen molar-refractivity contribution in [2.45, 2.75) is 6.04 Å². The summed E-state index contributed by atoms with van der Waals surface area (Å²) in [6.45, 7) is 0.889. The van der Waals surface area contributed by atoms with E-state index in [1.165, 1.54) is 6.07 Å². The van der Waals surface area contributed by atoms with Gasteiger partial charge in [0.2, 0.25) is 0 Å². The summed E-state index contributed by atoms with van der Waals surface area (Å²) in [7, 11) is 3.26. The van der Waals surface area contributed by atoms with Gasteiger partial charge in [-0.15, -0.1) is 0 Å². The predicted molar refractivity (Wildman–Crippen MR) is 97.9 cm³/mol. The highest BCUT2D eigenvalue weighted by molar-refractivity contribution is 6.31. The largest absolute Gasteiger partial charge is 0.382 e. The van der Waals surface area contributed by atoms with Crippen LogP contribution in [0.3, 0.4) is 0 Å². The zero-order valence-corrected chi connectivity index (χ0v) is 15.3. The first kappa shape index (κ1) is 18.1. The summed E-state index contributed by atoms with van der Waals surface area (Å²) in [6, 6.07) is 8.24. The Morgan fingerprint density at radius 2 is 1.84 bits per heavy atom. The third kappa shape index (κ3) is 3.65. The van der Waals surface area contributed by atoms with E-state index < -0.39 is 5.82 Å². The number of pyridine rings is 1. The highest BCUT2D eigenvalue weighted by atomic mass is 35.5. The van der Waals surface area contributed by atoms with Crippen molar-refractivity contribution >= 4 is 34.2 Å². The molecule has 0 bridgehead atoms. The van der Waals surface area contributed by atoms with Gasteiger partial charge in [0, 0.05) is 31.4 Å². The van der Waals surface area contributed by atoms with E-state index in [1.54, 1.807) is 32.4 Å². The lowest BCUT2D eigenvalue weighted by molar-refractivity contribution is 0.0912. The summed E-state index contributed by atoms with van der Waals surface area (Å²) in [5, 5.41) is 1.34. The lowest BCUT2D eigenvalue weighted by Crippen LogP contribution is -2.19. The normalized spacial score (nSPS) is 11.6. The molecule has 0 amide bonds. The van der Waals surface area contributed by atoms with Gasteiger partial charge in [-0.2, -0.15) is 0 Å². The second-order valence-electron chi connectivity index (χ2n) is 5.65. The molecular formula is C18H17Cl2FN2O2. The van der Waals surface area contributed by atoms with Crippen molar-refractivity contribution in [1.82, 2.24) is 9.55 Å². The third-order valence-corrected chi connectivity index (χ3v) is 4.50. The molecule has 2 aromatic heterocycles. The SMILES string of the molecule is COCC(COC)n1cc(-c2ccc(Cl)c(F)c2)c2ccc(Cl)nc21. The van der Waals surface area contributed by atoms with Crippen LogP contribution < -0.4 is 0 Å². The molecule has 0 radical (unpaired) electrons. The predicted octanol–water partition coefficient (Wildman–Crippen LogP) is 4.98. The Kier molecular flexibility index (Phi) is 5.59. The summed E-state index contributed by atoms with van der Waals surface area (Å²) < 4.78 is 26.5. The molecule has 0 unspecified atom stereocenters. The van der Waals surface area contributed by atoms with E-state index in [4.69, 9.17) is 32.7 Å². The fourth-order valence-electron chi connectivity index (χ4n) is 2.87. The van der Waals surface area contributed by atoms with Crippen LogP contribution in [0.4, 0.5) is 4.39 Å². The molecule has 0 spiro atoms. The van der Waals surface area contributed by atoms with Crippen molar-refractivity contribution in [3.05, 3.63) is 52.5 Å². The van der Waals surface area contributed by atoms with Crippen LogP contribution in [-0.2, 0) is 9.47 Å². The summed E-state index contributed by atoms with van der Waals surface area (Å²) in [4.78, 5) is 4.44. The van der Waals surface area contributed by atoms with Crippen LogP contribution in [0.1, 0.15) is 6.04 Å². The number of nitrogens with zero attached hydrogens (tertiary/aromatic N) is 2. The zero-order chi connectivity index (χ0) is 18.0. The molecule has 0 aliphatic rings. The first-order valence-corrected chi connectivity index (χ1v) is 8.41. The molecule has 2 heterocycles. The number of benzene rings is 1. The molecule has 132 valence electrons. The summed E-state index contributed by atoms with van der Waals surface area (Å²) in [5.74, 6) is -0.465. The Morgan fingerprint density at radius 3 is 2.48 bits per heavy atom. The number of hydrogen-bond acceptors (Lipinski definition) is 3.